The predicted molar refractivity (Wildman–Crippen MR) is 107 cm³/mol. The molecule has 0 saturated heterocycles. The molecule has 1 aliphatic heterocycles. The molecule has 0 unspecified atom stereocenters. The van der Waals surface area contributed by atoms with Gasteiger partial charge in [-0.2, -0.15) is 0 Å². The van der Waals surface area contributed by atoms with Crippen LogP contribution in [0.4, 0.5) is 5.82 Å². The lowest BCUT2D eigenvalue weighted by atomic mass is 10.1. The minimum Gasteiger partial charge on any atom is -0.358 e. The number of halogens is 1. The van der Waals surface area contributed by atoms with Crippen LogP contribution in [-0.2, 0) is 13.1 Å². The van der Waals surface area contributed by atoms with E-state index < -0.39 is 5.69 Å². The maximum absolute atomic E-state index is 12.6. The van der Waals surface area contributed by atoms with Crippen molar-refractivity contribution in [1.29, 1.82) is 0 Å². The summed E-state index contributed by atoms with van der Waals surface area (Å²) in [6, 6.07) is 15.5. The summed E-state index contributed by atoms with van der Waals surface area (Å²) in [5.74, 6) is 0.526. The Morgan fingerprint density at radius 1 is 1.07 bits per heavy atom. The van der Waals surface area contributed by atoms with E-state index in [2.05, 4.69) is 27.3 Å². The van der Waals surface area contributed by atoms with Gasteiger partial charge in [0.25, 0.3) is 5.56 Å². The number of nitrogens with one attached hydrogen (secondary N) is 2. The number of anilines is 1. The molecule has 6 nitrogen and oxygen atoms in total. The second-order valence-electron chi connectivity index (χ2n) is 6.61. The topological polar surface area (TPSA) is 70.1 Å². The molecule has 1 aliphatic rings. The molecule has 0 aliphatic carbocycles. The van der Waals surface area contributed by atoms with Crippen LogP contribution in [0.5, 0.6) is 0 Å². The minimum atomic E-state index is -0.479. The monoisotopic (exact) mass is 382 g/mol. The van der Waals surface area contributed by atoms with Gasteiger partial charge in [0, 0.05) is 18.1 Å². The number of hydrogen-bond donors (Lipinski definition) is 2. The maximum atomic E-state index is 12.6. The molecule has 0 atom stereocenters. The number of aromatic nitrogens is 2. The lowest BCUT2D eigenvalue weighted by Crippen LogP contribution is -2.42. The van der Waals surface area contributed by atoms with Crippen LogP contribution in [0.2, 0.25) is 5.02 Å². The molecule has 0 spiro atoms. The van der Waals surface area contributed by atoms with Crippen molar-refractivity contribution in [2.24, 2.45) is 0 Å². The largest absolute Gasteiger partial charge is 0.358 e. The van der Waals surface area contributed by atoms with Crippen molar-refractivity contribution in [2.75, 3.05) is 12.0 Å². The van der Waals surface area contributed by atoms with Crippen LogP contribution >= 0.6 is 11.6 Å². The van der Waals surface area contributed by atoms with E-state index in [1.807, 2.05) is 31.2 Å². The predicted octanol–water partition coefficient (Wildman–Crippen LogP) is 2.87. The fourth-order valence-electron chi connectivity index (χ4n) is 3.39. The van der Waals surface area contributed by atoms with Crippen molar-refractivity contribution in [3.8, 4) is 5.69 Å². The first-order chi connectivity index (χ1) is 13.0. The standard InChI is InChI=1S/C20H19ClN4O2/c1-13-16(21)8-5-9-17(13)25-18-15(19(26)23-20(25)27)11-24(12-22-18)10-14-6-3-2-4-7-14/h2-9,22H,10-12H2,1H3,(H,23,26,27). The molecule has 0 bridgehead atoms. The smallest absolute Gasteiger partial charge is 0.334 e. The molecular formula is C20H19ClN4O2. The van der Waals surface area contributed by atoms with E-state index in [1.54, 1.807) is 12.1 Å². The first-order valence-corrected chi connectivity index (χ1v) is 9.06. The number of rotatable bonds is 3. The van der Waals surface area contributed by atoms with Crippen LogP contribution in [0.15, 0.2) is 58.1 Å². The summed E-state index contributed by atoms with van der Waals surface area (Å²) in [5.41, 5.74) is 2.30. The molecule has 7 heteroatoms. The van der Waals surface area contributed by atoms with Crippen LogP contribution in [0.25, 0.3) is 5.69 Å². The first kappa shape index (κ1) is 17.6. The number of fused-ring (bicyclic) bond motifs is 1. The molecule has 3 aromatic rings. The van der Waals surface area contributed by atoms with E-state index in [0.29, 0.717) is 41.8 Å². The summed E-state index contributed by atoms with van der Waals surface area (Å²) in [5, 5.41) is 3.82. The van der Waals surface area contributed by atoms with Gasteiger partial charge < -0.3 is 5.32 Å². The second-order valence-corrected chi connectivity index (χ2v) is 7.02. The van der Waals surface area contributed by atoms with Crippen molar-refractivity contribution in [2.45, 2.75) is 20.0 Å². The average molecular weight is 383 g/mol. The third-order valence-electron chi connectivity index (χ3n) is 4.79. The van der Waals surface area contributed by atoms with Gasteiger partial charge >= 0.3 is 5.69 Å². The van der Waals surface area contributed by atoms with Crippen molar-refractivity contribution >= 4 is 17.4 Å². The van der Waals surface area contributed by atoms with Crippen LogP contribution in [-0.4, -0.2) is 21.1 Å². The van der Waals surface area contributed by atoms with Gasteiger partial charge in [0.15, 0.2) is 0 Å². The average Bonchev–Trinajstić information content (AvgIpc) is 2.66. The van der Waals surface area contributed by atoms with E-state index in [0.717, 1.165) is 11.1 Å². The molecule has 138 valence electrons. The fourth-order valence-corrected chi connectivity index (χ4v) is 3.56. The lowest BCUT2D eigenvalue weighted by molar-refractivity contribution is 0.263. The van der Waals surface area contributed by atoms with E-state index in [1.165, 1.54) is 4.57 Å². The fraction of sp³-hybridized carbons (Fsp3) is 0.200. The Bertz CT molecular complexity index is 1110. The second kappa shape index (κ2) is 7.06. The summed E-state index contributed by atoms with van der Waals surface area (Å²) in [4.78, 5) is 29.6. The summed E-state index contributed by atoms with van der Waals surface area (Å²) in [7, 11) is 0. The first-order valence-electron chi connectivity index (χ1n) is 8.68. The van der Waals surface area contributed by atoms with Gasteiger partial charge in [0.05, 0.1) is 17.9 Å². The summed E-state index contributed by atoms with van der Waals surface area (Å²) in [6.07, 6.45) is 0. The normalized spacial score (nSPS) is 13.9. The highest BCUT2D eigenvalue weighted by Gasteiger charge is 2.24. The number of benzene rings is 2. The minimum absolute atomic E-state index is 0.365. The van der Waals surface area contributed by atoms with Crippen molar-refractivity contribution in [3.63, 3.8) is 0 Å². The van der Waals surface area contributed by atoms with Crippen molar-refractivity contribution in [1.82, 2.24) is 14.5 Å². The zero-order valence-electron chi connectivity index (χ0n) is 14.8. The molecule has 1 aromatic heterocycles. The van der Waals surface area contributed by atoms with Gasteiger partial charge in [-0.25, -0.2) is 9.36 Å². The Labute approximate surface area is 161 Å². The van der Waals surface area contributed by atoms with Crippen LogP contribution in [0.3, 0.4) is 0 Å². The number of aromatic amines is 1. The van der Waals surface area contributed by atoms with Gasteiger partial charge in [0.2, 0.25) is 0 Å². The van der Waals surface area contributed by atoms with E-state index >= 15 is 0 Å². The highest BCUT2D eigenvalue weighted by atomic mass is 35.5. The van der Waals surface area contributed by atoms with Gasteiger partial charge in [-0.05, 0) is 30.2 Å². The molecule has 0 saturated carbocycles. The zero-order chi connectivity index (χ0) is 19.0. The summed E-state index contributed by atoms with van der Waals surface area (Å²) >= 11 is 6.23. The van der Waals surface area contributed by atoms with Crippen LogP contribution in [0.1, 0.15) is 16.7 Å². The van der Waals surface area contributed by atoms with Crippen molar-refractivity contribution < 1.29 is 0 Å². The van der Waals surface area contributed by atoms with Gasteiger partial charge in [-0.3, -0.25) is 14.7 Å². The Kier molecular flexibility index (Phi) is 4.59. The lowest BCUT2D eigenvalue weighted by Gasteiger charge is -2.31. The number of nitrogens with zero attached hydrogens (tertiary/aromatic N) is 2. The molecule has 0 radical (unpaired) electrons. The van der Waals surface area contributed by atoms with Crippen LogP contribution in [0, 0.1) is 6.92 Å². The number of H-pyrrole nitrogens is 1. The Hall–Kier alpha value is -2.83. The van der Waals surface area contributed by atoms with E-state index in [4.69, 9.17) is 11.6 Å². The Morgan fingerprint density at radius 2 is 1.85 bits per heavy atom. The molecule has 2 N–H and O–H groups in total. The number of hydrogen-bond acceptors (Lipinski definition) is 4. The summed E-state index contributed by atoms with van der Waals surface area (Å²) < 4.78 is 1.50. The van der Waals surface area contributed by atoms with Gasteiger partial charge in [0.1, 0.15) is 5.82 Å². The maximum Gasteiger partial charge on any atom is 0.334 e. The van der Waals surface area contributed by atoms with E-state index in [9.17, 15) is 9.59 Å². The third kappa shape index (κ3) is 3.29. The molecule has 2 aromatic carbocycles. The van der Waals surface area contributed by atoms with Gasteiger partial charge in [-0.15, -0.1) is 0 Å². The molecule has 27 heavy (non-hydrogen) atoms. The van der Waals surface area contributed by atoms with Crippen LogP contribution < -0.4 is 16.6 Å². The third-order valence-corrected chi connectivity index (χ3v) is 5.20. The quantitative estimate of drug-likeness (QED) is 0.730. The summed E-state index contributed by atoms with van der Waals surface area (Å²) in [6.45, 7) is 3.55. The molecule has 2 heterocycles. The highest BCUT2D eigenvalue weighted by molar-refractivity contribution is 6.31. The molecule has 0 fully saturated rings. The SMILES string of the molecule is Cc1c(Cl)cccc1-n1c2c(c(=O)[nH]c1=O)CN(Cc1ccccc1)CN2. The Balaban J connectivity index is 1.76. The highest BCUT2D eigenvalue weighted by Crippen LogP contribution is 2.26. The zero-order valence-corrected chi connectivity index (χ0v) is 15.6. The Morgan fingerprint density at radius 3 is 2.63 bits per heavy atom. The van der Waals surface area contributed by atoms with E-state index in [-0.39, 0.29) is 5.56 Å². The molecule has 0 amide bonds. The molecular weight excluding hydrogens is 364 g/mol. The van der Waals surface area contributed by atoms with Crippen molar-refractivity contribution in [3.05, 3.63) is 91.1 Å². The molecule has 4 rings (SSSR count). The van der Waals surface area contributed by atoms with Gasteiger partial charge in [-0.1, -0.05) is 48.0 Å².